The summed E-state index contributed by atoms with van der Waals surface area (Å²) in [4.78, 5) is 8.21. The summed E-state index contributed by atoms with van der Waals surface area (Å²) >= 11 is 0. The lowest BCUT2D eigenvalue weighted by atomic mass is 10.2. The van der Waals surface area contributed by atoms with Crippen LogP contribution in [0.4, 0.5) is 0 Å². The highest BCUT2D eigenvalue weighted by Crippen LogP contribution is 2.18. The van der Waals surface area contributed by atoms with Gasteiger partial charge in [0, 0.05) is 19.2 Å². The smallest absolute Gasteiger partial charge is 0.231 e. The van der Waals surface area contributed by atoms with Gasteiger partial charge < -0.3 is 15.6 Å². The van der Waals surface area contributed by atoms with Gasteiger partial charge in [0.25, 0.3) is 0 Å². The molecule has 0 aliphatic rings. The monoisotopic (exact) mass is 259 g/mol. The van der Waals surface area contributed by atoms with Gasteiger partial charge in [0.05, 0.1) is 5.92 Å². The number of aromatic nitrogens is 2. The van der Waals surface area contributed by atoms with Gasteiger partial charge in [-0.25, -0.2) is 0 Å². The fourth-order valence-corrected chi connectivity index (χ4v) is 1.56. The molecule has 0 aliphatic heterocycles. The third-order valence-corrected chi connectivity index (χ3v) is 2.73. The highest BCUT2D eigenvalue weighted by Gasteiger charge is 2.15. The molecule has 0 spiro atoms. The largest absolute Gasteiger partial charge is 0.370 e. The lowest BCUT2D eigenvalue weighted by Gasteiger charge is -2.08. The Bertz CT molecular complexity index is 549. The topological polar surface area (TPSA) is 89.3 Å². The second kappa shape index (κ2) is 5.99. The summed E-state index contributed by atoms with van der Waals surface area (Å²) in [5, 5.41) is 6.96. The van der Waals surface area contributed by atoms with Gasteiger partial charge in [-0.15, -0.1) is 0 Å². The van der Waals surface area contributed by atoms with Gasteiger partial charge in [-0.3, -0.25) is 4.99 Å². The Morgan fingerprint density at radius 3 is 2.84 bits per heavy atom. The Balaban J connectivity index is 2.05. The van der Waals surface area contributed by atoms with Crippen LogP contribution in [0.2, 0.25) is 0 Å². The minimum absolute atomic E-state index is 0.0604. The van der Waals surface area contributed by atoms with Crippen LogP contribution in [0.3, 0.4) is 0 Å². The molecular formula is C13H17N5O. The molecule has 1 atom stereocenters. The molecular weight excluding hydrogens is 242 g/mol. The molecule has 6 nitrogen and oxygen atoms in total. The number of rotatable bonds is 4. The van der Waals surface area contributed by atoms with Crippen LogP contribution in [0.5, 0.6) is 0 Å². The minimum atomic E-state index is 0.0604. The first kappa shape index (κ1) is 13.1. The van der Waals surface area contributed by atoms with Gasteiger partial charge in [-0.2, -0.15) is 4.98 Å². The molecule has 0 fully saturated rings. The molecule has 1 unspecified atom stereocenters. The van der Waals surface area contributed by atoms with Crippen molar-refractivity contribution in [2.75, 3.05) is 13.6 Å². The number of guanidine groups is 1. The molecule has 1 heterocycles. The number of nitrogens with two attached hydrogens (primary N) is 1. The Kier molecular flexibility index (Phi) is 4.12. The van der Waals surface area contributed by atoms with E-state index in [0.29, 0.717) is 24.2 Å². The highest BCUT2D eigenvalue weighted by atomic mass is 16.5. The molecule has 2 rings (SSSR count). The van der Waals surface area contributed by atoms with Crippen molar-refractivity contribution in [2.45, 2.75) is 12.8 Å². The van der Waals surface area contributed by atoms with Crippen molar-refractivity contribution in [3.8, 4) is 11.4 Å². The Morgan fingerprint density at radius 1 is 1.42 bits per heavy atom. The van der Waals surface area contributed by atoms with E-state index in [1.54, 1.807) is 7.05 Å². The Labute approximate surface area is 111 Å². The number of benzene rings is 1. The van der Waals surface area contributed by atoms with Crippen LogP contribution >= 0.6 is 0 Å². The first-order chi connectivity index (χ1) is 9.20. The zero-order valence-electron chi connectivity index (χ0n) is 11.0. The van der Waals surface area contributed by atoms with E-state index in [9.17, 15) is 0 Å². The molecule has 6 heteroatoms. The van der Waals surface area contributed by atoms with E-state index in [1.165, 1.54) is 0 Å². The lowest BCUT2D eigenvalue weighted by Crippen LogP contribution is -2.34. The molecule has 0 saturated carbocycles. The summed E-state index contributed by atoms with van der Waals surface area (Å²) in [6, 6.07) is 9.71. The summed E-state index contributed by atoms with van der Waals surface area (Å²) in [5.41, 5.74) is 6.51. The van der Waals surface area contributed by atoms with Crippen LogP contribution in [-0.2, 0) is 0 Å². The predicted octanol–water partition coefficient (Wildman–Crippen LogP) is 1.37. The molecule has 0 aliphatic carbocycles. The molecule has 2 aromatic rings. The Morgan fingerprint density at radius 2 is 2.16 bits per heavy atom. The normalized spacial score (nSPS) is 13.3. The van der Waals surface area contributed by atoms with Gasteiger partial charge in [0.2, 0.25) is 11.7 Å². The summed E-state index contributed by atoms with van der Waals surface area (Å²) in [5.74, 6) is 1.63. The third kappa shape index (κ3) is 3.31. The van der Waals surface area contributed by atoms with E-state index in [0.717, 1.165) is 5.56 Å². The second-order valence-corrected chi connectivity index (χ2v) is 4.21. The van der Waals surface area contributed by atoms with Crippen molar-refractivity contribution < 1.29 is 4.52 Å². The molecule has 0 bridgehead atoms. The van der Waals surface area contributed by atoms with Gasteiger partial charge in [-0.1, -0.05) is 42.4 Å². The zero-order chi connectivity index (χ0) is 13.7. The average molecular weight is 259 g/mol. The van der Waals surface area contributed by atoms with Crippen LogP contribution in [0.1, 0.15) is 18.7 Å². The van der Waals surface area contributed by atoms with Crippen LogP contribution in [0, 0.1) is 0 Å². The van der Waals surface area contributed by atoms with Crippen molar-refractivity contribution in [1.29, 1.82) is 0 Å². The van der Waals surface area contributed by atoms with Crippen molar-refractivity contribution in [3.05, 3.63) is 36.2 Å². The molecule has 19 heavy (non-hydrogen) atoms. The van der Waals surface area contributed by atoms with E-state index in [2.05, 4.69) is 20.4 Å². The maximum Gasteiger partial charge on any atom is 0.231 e. The first-order valence-corrected chi connectivity index (χ1v) is 6.06. The number of hydrogen-bond donors (Lipinski definition) is 2. The first-order valence-electron chi connectivity index (χ1n) is 6.06. The average Bonchev–Trinajstić information content (AvgIpc) is 2.95. The van der Waals surface area contributed by atoms with Gasteiger partial charge >= 0.3 is 0 Å². The standard InChI is InChI=1S/C13H17N5O/c1-9(8-16-13(14)15-2)12-17-11(18-19-12)10-6-4-3-5-7-10/h3-7,9H,8H2,1-2H3,(H3,14,15,16). The van der Waals surface area contributed by atoms with Crippen molar-refractivity contribution in [2.24, 2.45) is 10.7 Å². The quantitative estimate of drug-likeness (QED) is 0.639. The van der Waals surface area contributed by atoms with Gasteiger partial charge in [0.1, 0.15) is 0 Å². The van der Waals surface area contributed by atoms with Crippen molar-refractivity contribution in [3.63, 3.8) is 0 Å². The Hall–Kier alpha value is -2.37. The summed E-state index contributed by atoms with van der Waals surface area (Å²) in [6.07, 6.45) is 0. The molecule has 0 radical (unpaired) electrons. The molecule has 0 saturated heterocycles. The van der Waals surface area contributed by atoms with Crippen LogP contribution < -0.4 is 11.1 Å². The fraction of sp³-hybridized carbons (Fsp3) is 0.308. The zero-order valence-corrected chi connectivity index (χ0v) is 11.0. The molecule has 3 N–H and O–H groups in total. The molecule has 1 aromatic heterocycles. The number of hydrogen-bond acceptors (Lipinski definition) is 4. The summed E-state index contributed by atoms with van der Waals surface area (Å²) in [6.45, 7) is 2.58. The predicted molar refractivity (Wildman–Crippen MR) is 73.7 cm³/mol. The number of nitrogens with one attached hydrogen (secondary N) is 1. The van der Waals surface area contributed by atoms with Crippen LogP contribution in [0.25, 0.3) is 11.4 Å². The molecule has 100 valence electrons. The third-order valence-electron chi connectivity index (χ3n) is 2.73. The van der Waals surface area contributed by atoms with Crippen LogP contribution in [0.15, 0.2) is 39.8 Å². The lowest BCUT2D eigenvalue weighted by molar-refractivity contribution is 0.359. The fourth-order valence-electron chi connectivity index (χ4n) is 1.56. The van der Waals surface area contributed by atoms with Gasteiger partial charge in [0.15, 0.2) is 5.96 Å². The van der Waals surface area contributed by atoms with E-state index in [4.69, 9.17) is 10.3 Å². The van der Waals surface area contributed by atoms with Gasteiger partial charge in [-0.05, 0) is 0 Å². The van der Waals surface area contributed by atoms with E-state index >= 15 is 0 Å². The van der Waals surface area contributed by atoms with E-state index in [-0.39, 0.29) is 5.92 Å². The SMILES string of the molecule is CN=C(N)NCC(C)c1nc(-c2ccccc2)no1. The maximum absolute atomic E-state index is 5.57. The minimum Gasteiger partial charge on any atom is -0.370 e. The van der Waals surface area contributed by atoms with Crippen molar-refractivity contribution >= 4 is 5.96 Å². The molecule has 1 aromatic carbocycles. The summed E-state index contributed by atoms with van der Waals surface area (Å²) in [7, 11) is 1.63. The second-order valence-electron chi connectivity index (χ2n) is 4.21. The van der Waals surface area contributed by atoms with Crippen molar-refractivity contribution in [1.82, 2.24) is 15.5 Å². The summed E-state index contributed by atoms with van der Waals surface area (Å²) < 4.78 is 5.26. The number of aliphatic imine (C=N–C) groups is 1. The van der Waals surface area contributed by atoms with E-state index < -0.39 is 0 Å². The highest BCUT2D eigenvalue weighted by molar-refractivity contribution is 5.77. The van der Waals surface area contributed by atoms with Crippen LogP contribution in [-0.4, -0.2) is 29.7 Å². The van der Waals surface area contributed by atoms with E-state index in [1.807, 2.05) is 37.3 Å². The molecule has 0 amide bonds. The maximum atomic E-state index is 5.57. The number of nitrogens with zero attached hydrogens (tertiary/aromatic N) is 3.